The summed E-state index contributed by atoms with van der Waals surface area (Å²) in [6.07, 6.45) is 5.38. The van der Waals surface area contributed by atoms with Gasteiger partial charge in [0.2, 0.25) is 0 Å². The van der Waals surface area contributed by atoms with Crippen molar-refractivity contribution in [2.45, 2.75) is 25.6 Å². The maximum atomic E-state index is 13.5. The Morgan fingerprint density at radius 1 is 1.17 bits per heavy atom. The zero-order valence-corrected chi connectivity index (χ0v) is 20.2. The maximum Gasteiger partial charge on any atom is 0.161 e. The second-order valence-corrected chi connectivity index (χ2v) is 8.82. The molecule has 0 amide bonds. The van der Waals surface area contributed by atoms with Gasteiger partial charge in [0.1, 0.15) is 30.4 Å². The number of rotatable bonds is 10. The molecule has 0 radical (unpaired) electrons. The number of imidazole rings is 1. The summed E-state index contributed by atoms with van der Waals surface area (Å²) < 4.78 is 38.4. The van der Waals surface area contributed by atoms with E-state index in [0.717, 1.165) is 5.56 Å². The number of β-amino-alcohol motifs (C(OH)–C–C–N with tert-alkyl or cyclic N) is 1. The van der Waals surface area contributed by atoms with Crippen molar-refractivity contribution in [3.63, 3.8) is 0 Å². The lowest BCUT2D eigenvalue weighted by atomic mass is 10.1. The minimum absolute atomic E-state index is 0.0432. The summed E-state index contributed by atoms with van der Waals surface area (Å²) in [5, 5.41) is 11.2. The summed E-state index contributed by atoms with van der Waals surface area (Å²) in [4.78, 5) is 6.15. The molecule has 0 unspecified atom stereocenters. The molecule has 0 aliphatic carbocycles. The molecule has 1 atom stereocenters. The molecule has 3 aromatic rings. The summed E-state index contributed by atoms with van der Waals surface area (Å²) in [5.74, 6) is 1.56. The Bertz CT molecular complexity index is 1090. The fraction of sp³-hybridized carbons (Fsp3) is 0.423. The molecule has 1 N–H and O–H groups in total. The zero-order valence-electron chi connectivity index (χ0n) is 20.2. The molecule has 188 valence electrons. The number of benzene rings is 2. The molecular weight excluding hydrogens is 453 g/mol. The van der Waals surface area contributed by atoms with Gasteiger partial charge in [-0.05, 0) is 48.4 Å². The standard InChI is InChI=1S/C26H32FN3O5/c1-20-13-22(4-5-23(20)27)35-18-26(31)16-30(9-11-33-17-26)15-21-3-6-24(25(14-21)32-2)34-12-10-29-8-7-28-19-29/h3-8,13-14,19,31H,9-12,15-18H2,1-2H3/t26-/m0/s1. The second kappa shape index (κ2) is 11.5. The number of hydrogen-bond donors (Lipinski definition) is 1. The Hall–Kier alpha value is -3.14. The van der Waals surface area contributed by atoms with Crippen molar-refractivity contribution in [1.29, 1.82) is 0 Å². The molecule has 0 saturated carbocycles. The number of aryl methyl sites for hydroxylation is 1. The van der Waals surface area contributed by atoms with Crippen LogP contribution in [0.15, 0.2) is 55.1 Å². The molecule has 0 spiro atoms. The van der Waals surface area contributed by atoms with Crippen molar-refractivity contribution in [2.24, 2.45) is 0 Å². The number of ether oxygens (including phenoxy) is 4. The summed E-state index contributed by atoms with van der Waals surface area (Å²) >= 11 is 0. The van der Waals surface area contributed by atoms with Gasteiger partial charge in [-0.25, -0.2) is 9.37 Å². The van der Waals surface area contributed by atoms with E-state index in [2.05, 4.69) is 9.88 Å². The third-order valence-electron chi connectivity index (χ3n) is 5.88. The Morgan fingerprint density at radius 2 is 2.06 bits per heavy atom. The average molecular weight is 486 g/mol. The Morgan fingerprint density at radius 3 is 2.83 bits per heavy atom. The smallest absolute Gasteiger partial charge is 0.161 e. The van der Waals surface area contributed by atoms with E-state index in [9.17, 15) is 9.50 Å². The van der Waals surface area contributed by atoms with E-state index >= 15 is 0 Å². The van der Waals surface area contributed by atoms with Gasteiger partial charge < -0.3 is 28.6 Å². The van der Waals surface area contributed by atoms with E-state index in [-0.39, 0.29) is 19.0 Å². The molecule has 4 rings (SSSR count). The van der Waals surface area contributed by atoms with Crippen LogP contribution >= 0.6 is 0 Å². The second-order valence-electron chi connectivity index (χ2n) is 8.82. The molecule has 1 aliphatic rings. The van der Waals surface area contributed by atoms with Gasteiger partial charge in [0.15, 0.2) is 11.5 Å². The number of hydrogen-bond acceptors (Lipinski definition) is 7. The molecule has 0 bridgehead atoms. The van der Waals surface area contributed by atoms with E-state index < -0.39 is 5.60 Å². The van der Waals surface area contributed by atoms with E-state index in [1.54, 1.807) is 38.7 Å². The molecule has 9 heteroatoms. The first kappa shape index (κ1) is 25.0. The topological polar surface area (TPSA) is 78.2 Å². The molecule has 2 aromatic carbocycles. The predicted molar refractivity (Wildman–Crippen MR) is 128 cm³/mol. The van der Waals surface area contributed by atoms with Crippen molar-refractivity contribution < 1.29 is 28.4 Å². The van der Waals surface area contributed by atoms with E-state index in [4.69, 9.17) is 18.9 Å². The van der Waals surface area contributed by atoms with Crippen LogP contribution in [-0.2, 0) is 17.8 Å². The van der Waals surface area contributed by atoms with E-state index in [0.29, 0.717) is 62.2 Å². The SMILES string of the molecule is COc1cc(CN2CCOC[C@](O)(COc3ccc(F)c(C)c3)C2)ccc1OCCn1ccnc1. The molecule has 8 nitrogen and oxygen atoms in total. The molecule has 1 fully saturated rings. The molecular formula is C26H32FN3O5. The van der Waals surface area contributed by atoms with Crippen molar-refractivity contribution in [3.8, 4) is 17.2 Å². The number of aliphatic hydroxyl groups is 1. The number of aromatic nitrogens is 2. The highest BCUT2D eigenvalue weighted by atomic mass is 19.1. The third kappa shape index (κ3) is 6.94. The largest absolute Gasteiger partial charge is 0.493 e. The molecule has 1 aliphatic heterocycles. The van der Waals surface area contributed by atoms with Gasteiger partial charge in [0.25, 0.3) is 0 Å². The minimum atomic E-state index is -1.20. The lowest BCUT2D eigenvalue weighted by molar-refractivity contribution is -0.0646. The molecule has 35 heavy (non-hydrogen) atoms. The van der Waals surface area contributed by atoms with Crippen LogP contribution in [0.4, 0.5) is 4.39 Å². The zero-order chi connectivity index (χ0) is 24.7. The van der Waals surface area contributed by atoms with Crippen LogP contribution in [0.25, 0.3) is 0 Å². The van der Waals surface area contributed by atoms with Gasteiger partial charge in [-0.1, -0.05) is 6.07 Å². The molecule has 2 heterocycles. The third-order valence-corrected chi connectivity index (χ3v) is 5.88. The van der Waals surface area contributed by atoms with Crippen LogP contribution in [0.5, 0.6) is 17.2 Å². The summed E-state index contributed by atoms with van der Waals surface area (Å²) in [5.41, 5.74) is 0.332. The van der Waals surface area contributed by atoms with Crippen LogP contribution in [0, 0.1) is 12.7 Å². The van der Waals surface area contributed by atoms with Gasteiger partial charge in [-0.2, -0.15) is 0 Å². The minimum Gasteiger partial charge on any atom is -0.493 e. The lowest BCUT2D eigenvalue weighted by Gasteiger charge is -2.30. The average Bonchev–Trinajstić information content (AvgIpc) is 3.30. The number of methoxy groups -OCH3 is 1. The Kier molecular flexibility index (Phi) is 8.22. The number of nitrogens with zero attached hydrogens (tertiary/aromatic N) is 3. The van der Waals surface area contributed by atoms with Crippen molar-refractivity contribution in [3.05, 3.63) is 72.1 Å². The van der Waals surface area contributed by atoms with Gasteiger partial charge in [0, 0.05) is 32.0 Å². The summed E-state index contributed by atoms with van der Waals surface area (Å²) in [6, 6.07) is 10.4. The van der Waals surface area contributed by atoms with Gasteiger partial charge in [-0.3, -0.25) is 4.90 Å². The van der Waals surface area contributed by atoms with Crippen LogP contribution in [-0.4, -0.2) is 71.8 Å². The van der Waals surface area contributed by atoms with E-state index in [1.807, 2.05) is 29.0 Å². The predicted octanol–water partition coefficient (Wildman–Crippen LogP) is 3.06. The molecule has 1 saturated heterocycles. The van der Waals surface area contributed by atoms with E-state index in [1.165, 1.54) is 6.07 Å². The highest BCUT2D eigenvalue weighted by Gasteiger charge is 2.33. The quantitative estimate of drug-likeness (QED) is 0.473. The van der Waals surface area contributed by atoms with Crippen LogP contribution < -0.4 is 14.2 Å². The Labute approximate surface area is 204 Å². The summed E-state index contributed by atoms with van der Waals surface area (Å²) in [6.45, 7) is 5.22. The fourth-order valence-corrected chi connectivity index (χ4v) is 4.01. The van der Waals surface area contributed by atoms with Crippen LogP contribution in [0.1, 0.15) is 11.1 Å². The summed E-state index contributed by atoms with van der Waals surface area (Å²) in [7, 11) is 1.62. The van der Waals surface area contributed by atoms with Gasteiger partial charge in [0.05, 0.1) is 33.2 Å². The highest BCUT2D eigenvalue weighted by Crippen LogP contribution is 2.29. The Balaban J connectivity index is 1.35. The van der Waals surface area contributed by atoms with Crippen molar-refractivity contribution in [2.75, 3.05) is 46.6 Å². The van der Waals surface area contributed by atoms with Crippen LogP contribution in [0.2, 0.25) is 0 Å². The maximum absolute atomic E-state index is 13.5. The first-order valence-electron chi connectivity index (χ1n) is 11.6. The highest BCUT2D eigenvalue weighted by molar-refractivity contribution is 5.43. The van der Waals surface area contributed by atoms with Crippen molar-refractivity contribution in [1.82, 2.24) is 14.5 Å². The van der Waals surface area contributed by atoms with Gasteiger partial charge in [-0.15, -0.1) is 0 Å². The number of halogens is 1. The van der Waals surface area contributed by atoms with Crippen molar-refractivity contribution >= 4 is 0 Å². The lowest BCUT2D eigenvalue weighted by Crippen LogP contribution is -2.48. The first-order chi connectivity index (χ1) is 16.9. The normalized spacial score (nSPS) is 18.7. The molecule has 1 aromatic heterocycles. The van der Waals surface area contributed by atoms with Gasteiger partial charge >= 0.3 is 0 Å². The monoisotopic (exact) mass is 485 g/mol. The fourth-order valence-electron chi connectivity index (χ4n) is 4.01. The first-order valence-corrected chi connectivity index (χ1v) is 11.6. The van der Waals surface area contributed by atoms with Crippen LogP contribution in [0.3, 0.4) is 0 Å².